The lowest BCUT2D eigenvalue weighted by atomic mass is 9.91. The zero-order chi connectivity index (χ0) is 13.9. The van der Waals surface area contributed by atoms with Gasteiger partial charge in [-0.1, -0.05) is 0 Å². The minimum Gasteiger partial charge on any atom is -0.381 e. The summed E-state index contributed by atoms with van der Waals surface area (Å²) >= 11 is 0. The molecule has 0 radical (unpaired) electrons. The first-order valence-corrected chi connectivity index (χ1v) is 8.99. The molecule has 5 nitrogen and oxygen atoms in total. The van der Waals surface area contributed by atoms with Gasteiger partial charge in [0.25, 0.3) is 0 Å². The average molecular weight is 290 g/mol. The molecule has 0 spiro atoms. The highest BCUT2D eigenvalue weighted by molar-refractivity contribution is 7.91. The number of hydrogen-bond acceptors (Lipinski definition) is 5. The van der Waals surface area contributed by atoms with Crippen LogP contribution in [0.3, 0.4) is 0 Å². The average Bonchev–Trinajstić information content (AvgIpc) is 2.38. The molecule has 2 unspecified atom stereocenters. The van der Waals surface area contributed by atoms with Gasteiger partial charge in [0.1, 0.15) is 0 Å². The van der Waals surface area contributed by atoms with Crippen LogP contribution in [0.2, 0.25) is 0 Å². The minimum absolute atomic E-state index is 0.209. The molecule has 2 atom stereocenters. The summed E-state index contributed by atoms with van der Waals surface area (Å²) in [5.41, 5.74) is 5.56. The normalized spacial score (nSPS) is 35.4. The Morgan fingerprint density at radius 1 is 1.42 bits per heavy atom. The van der Waals surface area contributed by atoms with Crippen LogP contribution in [0, 0.1) is 5.92 Å². The molecule has 2 N–H and O–H groups in total. The van der Waals surface area contributed by atoms with Gasteiger partial charge in [-0.25, -0.2) is 8.42 Å². The van der Waals surface area contributed by atoms with Crippen molar-refractivity contribution in [3.8, 4) is 0 Å². The van der Waals surface area contributed by atoms with E-state index < -0.39 is 9.84 Å². The minimum atomic E-state index is -2.94. The zero-order valence-corrected chi connectivity index (χ0v) is 12.6. The fraction of sp³-hybridized carbons (Fsp3) is 1.00. The van der Waals surface area contributed by atoms with Crippen molar-refractivity contribution in [1.29, 1.82) is 0 Å². The van der Waals surface area contributed by atoms with Gasteiger partial charge in [-0.3, -0.25) is 4.90 Å². The summed E-state index contributed by atoms with van der Waals surface area (Å²) in [5, 5.41) is 0. The smallest absolute Gasteiger partial charge is 0.152 e. The van der Waals surface area contributed by atoms with E-state index in [9.17, 15) is 8.42 Å². The van der Waals surface area contributed by atoms with Crippen LogP contribution in [-0.2, 0) is 14.6 Å². The lowest BCUT2D eigenvalue weighted by Gasteiger charge is -2.45. The molecular weight excluding hydrogens is 264 g/mol. The Hall–Kier alpha value is -0.170. The second-order valence-corrected chi connectivity index (χ2v) is 8.27. The molecule has 0 aromatic heterocycles. The first-order chi connectivity index (χ1) is 8.97. The van der Waals surface area contributed by atoms with Crippen molar-refractivity contribution in [1.82, 2.24) is 4.90 Å². The summed E-state index contributed by atoms with van der Waals surface area (Å²) in [6.07, 6.45) is 3.88. The lowest BCUT2D eigenvalue weighted by Crippen LogP contribution is -2.60. The highest BCUT2D eigenvalue weighted by Gasteiger charge is 2.41. The molecule has 112 valence electrons. The van der Waals surface area contributed by atoms with Crippen molar-refractivity contribution < 1.29 is 13.2 Å². The summed E-state index contributed by atoms with van der Waals surface area (Å²) in [5.74, 6) is 1.03. The van der Waals surface area contributed by atoms with Gasteiger partial charge in [0.2, 0.25) is 0 Å². The standard InChI is InChI=1S/C13H26N2O3S/c1-15(8-12-4-2-6-18-9-12)13(10-14)5-3-7-19(16,17)11-13/h12H,2-11,14H2,1H3. The third-order valence-electron chi connectivity index (χ3n) is 4.56. The monoisotopic (exact) mass is 290 g/mol. The van der Waals surface area contributed by atoms with Crippen molar-refractivity contribution in [3.63, 3.8) is 0 Å². The molecule has 0 bridgehead atoms. The van der Waals surface area contributed by atoms with Gasteiger partial charge in [-0.2, -0.15) is 0 Å². The molecule has 2 aliphatic rings. The summed E-state index contributed by atoms with van der Waals surface area (Å²) in [6.45, 7) is 2.94. The number of hydrogen-bond donors (Lipinski definition) is 1. The van der Waals surface area contributed by atoms with Gasteiger partial charge in [-0.15, -0.1) is 0 Å². The van der Waals surface area contributed by atoms with Crippen molar-refractivity contribution in [2.75, 3.05) is 44.9 Å². The van der Waals surface area contributed by atoms with Gasteiger partial charge in [0.05, 0.1) is 18.1 Å². The Morgan fingerprint density at radius 3 is 2.79 bits per heavy atom. The highest BCUT2D eigenvalue weighted by Crippen LogP contribution is 2.29. The van der Waals surface area contributed by atoms with E-state index in [1.54, 1.807) is 0 Å². The van der Waals surface area contributed by atoms with Crippen LogP contribution in [0.4, 0.5) is 0 Å². The van der Waals surface area contributed by atoms with Crippen LogP contribution in [0.1, 0.15) is 25.7 Å². The maximum Gasteiger partial charge on any atom is 0.152 e. The van der Waals surface area contributed by atoms with Gasteiger partial charge >= 0.3 is 0 Å². The number of nitrogens with two attached hydrogens (primary N) is 1. The van der Waals surface area contributed by atoms with Crippen molar-refractivity contribution in [2.45, 2.75) is 31.2 Å². The molecule has 6 heteroatoms. The Kier molecular flexibility index (Phi) is 4.87. The maximum absolute atomic E-state index is 11.9. The quantitative estimate of drug-likeness (QED) is 0.803. The Balaban J connectivity index is 2.02. The van der Waals surface area contributed by atoms with Crippen LogP contribution < -0.4 is 5.73 Å². The molecular formula is C13H26N2O3S. The molecule has 2 aliphatic heterocycles. The molecule has 0 aromatic carbocycles. The third-order valence-corrected chi connectivity index (χ3v) is 6.45. The van der Waals surface area contributed by atoms with Crippen LogP contribution in [0.25, 0.3) is 0 Å². The first kappa shape index (κ1) is 15.2. The molecule has 0 aliphatic carbocycles. The Bertz CT molecular complexity index is 393. The van der Waals surface area contributed by atoms with Crippen molar-refractivity contribution in [2.24, 2.45) is 11.7 Å². The van der Waals surface area contributed by atoms with E-state index in [4.69, 9.17) is 10.5 Å². The summed E-state index contributed by atoms with van der Waals surface area (Å²) in [4.78, 5) is 2.18. The zero-order valence-electron chi connectivity index (χ0n) is 11.8. The maximum atomic E-state index is 11.9. The number of rotatable bonds is 4. The molecule has 2 fully saturated rings. The van der Waals surface area contributed by atoms with E-state index in [2.05, 4.69) is 4.90 Å². The first-order valence-electron chi connectivity index (χ1n) is 7.17. The highest BCUT2D eigenvalue weighted by atomic mass is 32.2. The van der Waals surface area contributed by atoms with Gasteiger partial charge in [0.15, 0.2) is 9.84 Å². The predicted molar refractivity (Wildman–Crippen MR) is 75.8 cm³/mol. The summed E-state index contributed by atoms with van der Waals surface area (Å²) in [7, 11) is -0.925. The van der Waals surface area contributed by atoms with Crippen molar-refractivity contribution in [3.05, 3.63) is 0 Å². The molecule has 2 saturated heterocycles. The van der Waals surface area contributed by atoms with E-state index in [1.807, 2.05) is 7.05 Å². The van der Waals surface area contributed by atoms with E-state index in [1.165, 1.54) is 0 Å². The van der Waals surface area contributed by atoms with Crippen LogP contribution in [0.5, 0.6) is 0 Å². The Labute approximate surface area is 116 Å². The van der Waals surface area contributed by atoms with Gasteiger partial charge in [0, 0.05) is 25.2 Å². The topological polar surface area (TPSA) is 72.6 Å². The second-order valence-electron chi connectivity index (χ2n) is 6.09. The molecule has 0 saturated carbocycles. The fourth-order valence-electron chi connectivity index (χ4n) is 3.33. The fourth-order valence-corrected chi connectivity index (χ4v) is 5.35. The molecule has 2 heterocycles. The summed E-state index contributed by atoms with van der Waals surface area (Å²) < 4.78 is 29.3. The Morgan fingerprint density at radius 2 is 2.21 bits per heavy atom. The van der Waals surface area contributed by atoms with Crippen molar-refractivity contribution >= 4 is 9.84 Å². The van der Waals surface area contributed by atoms with E-state index in [-0.39, 0.29) is 11.3 Å². The number of likely N-dealkylation sites (N-methyl/N-ethyl adjacent to an activating group) is 1. The molecule has 19 heavy (non-hydrogen) atoms. The van der Waals surface area contributed by atoms with E-state index in [0.717, 1.165) is 45.4 Å². The number of sulfone groups is 1. The largest absolute Gasteiger partial charge is 0.381 e. The van der Waals surface area contributed by atoms with Crippen LogP contribution in [0.15, 0.2) is 0 Å². The van der Waals surface area contributed by atoms with E-state index in [0.29, 0.717) is 18.2 Å². The van der Waals surface area contributed by atoms with Gasteiger partial charge in [-0.05, 0) is 38.6 Å². The SMILES string of the molecule is CN(CC1CCCOC1)C1(CN)CCCS(=O)(=O)C1. The van der Waals surface area contributed by atoms with Crippen LogP contribution >= 0.6 is 0 Å². The number of ether oxygens (including phenoxy) is 1. The predicted octanol–water partition coefficient (Wildman–Crippen LogP) is 0.251. The second kappa shape index (κ2) is 6.08. The summed E-state index contributed by atoms with van der Waals surface area (Å²) in [6, 6.07) is 0. The van der Waals surface area contributed by atoms with E-state index >= 15 is 0 Å². The molecule has 0 amide bonds. The molecule has 2 rings (SSSR count). The van der Waals surface area contributed by atoms with Crippen LogP contribution in [-0.4, -0.2) is 63.7 Å². The lowest BCUT2D eigenvalue weighted by molar-refractivity contribution is 0.0221. The third kappa shape index (κ3) is 3.68. The number of nitrogens with zero attached hydrogens (tertiary/aromatic N) is 1. The molecule has 0 aromatic rings. The van der Waals surface area contributed by atoms with Gasteiger partial charge < -0.3 is 10.5 Å².